The predicted molar refractivity (Wildman–Crippen MR) is 102 cm³/mol. The molecule has 0 bridgehead atoms. The van der Waals surface area contributed by atoms with Crippen molar-refractivity contribution in [2.24, 2.45) is 5.92 Å². The lowest BCUT2D eigenvalue weighted by atomic mass is 10.0. The molecule has 1 nitrogen and oxygen atoms in total. The number of allylic oxidation sites excluding steroid dienone is 7. The maximum Gasteiger partial charge on any atom is 0.0461 e. The molecule has 0 fully saturated rings. The summed E-state index contributed by atoms with van der Waals surface area (Å²) >= 11 is 0. The van der Waals surface area contributed by atoms with Crippen LogP contribution in [0.5, 0.6) is 0 Å². The van der Waals surface area contributed by atoms with E-state index in [1.807, 2.05) is 6.92 Å². The average Bonchev–Trinajstić information content (AvgIpc) is 2.56. The highest BCUT2D eigenvalue weighted by Crippen LogP contribution is 2.29. The Balaban J connectivity index is 2.35. The third-order valence-electron chi connectivity index (χ3n) is 4.13. The molecule has 0 saturated carbocycles. The van der Waals surface area contributed by atoms with Crippen LogP contribution in [0.4, 0.5) is 5.69 Å². The Labute approximate surface area is 141 Å². The summed E-state index contributed by atoms with van der Waals surface area (Å²) in [6.07, 6.45) is 14.1. The normalized spacial score (nSPS) is 18.2. The van der Waals surface area contributed by atoms with Crippen LogP contribution < -0.4 is 4.90 Å². The Hall–Kier alpha value is -2.28. The summed E-state index contributed by atoms with van der Waals surface area (Å²) in [5.41, 5.74) is 5.81. The molecule has 1 atom stereocenters. The van der Waals surface area contributed by atoms with Gasteiger partial charge in [-0.2, -0.15) is 0 Å². The van der Waals surface area contributed by atoms with Crippen molar-refractivity contribution in [2.75, 3.05) is 4.90 Å². The summed E-state index contributed by atoms with van der Waals surface area (Å²) in [6.45, 7) is 12.8. The summed E-state index contributed by atoms with van der Waals surface area (Å²) in [6, 6.07) is 8.60. The fourth-order valence-corrected chi connectivity index (χ4v) is 2.45. The molecule has 23 heavy (non-hydrogen) atoms. The first-order chi connectivity index (χ1) is 11.0. The van der Waals surface area contributed by atoms with E-state index in [1.165, 1.54) is 16.8 Å². The van der Waals surface area contributed by atoms with E-state index in [1.54, 1.807) is 0 Å². The largest absolute Gasteiger partial charge is 0.311 e. The second-order valence-corrected chi connectivity index (χ2v) is 6.23. The van der Waals surface area contributed by atoms with Gasteiger partial charge in [-0.1, -0.05) is 61.1 Å². The van der Waals surface area contributed by atoms with E-state index in [-0.39, 0.29) is 0 Å². The number of anilines is 1. The van der Waals surface area contributed by atoms with E-state index in [4.69, 9.17) is 0 Å². The van der Waals surface area contributed by atoms with Gasteiger partial charge in [-0.25, -0.2) is 0 Å². The number of benzene rings is 1. The molecule has 2 rings (SSSR count). The Bertz CT molecular complexity index is 668. The maximum atomic E-state index is 4.29. The van der Waals surface area contributed by atoms with E-state index in [2.05, 4.69) is 93.0 Å². The smallest absolute Gasteiger partial charge is 0.0461 e. The minimum absolute atomic E-state index is 0.604. The lowest BCUT2D eigenvalue weighted by Gasteiger charge is -2.28. The number of rotatable bonds is 5. The van der Waals surface area contributed by atoms with Gasteiger partial charge in [-0.05, 0) is 57.4 Å². The minimum atomic E-state index is 0.604. The van der Waals surface area contributed by atoms with E-state index in [9.17, 15) is 0 Å². The van der Waals surface area contributed by atoms with E-state index in [0.29, 0.717) is 5.92 Å². The van der Waals surface area contributed by atoms with Gasteiger partial charge in [0.15, 0.2) is 0 Å². The number of hydrogen-bond donors (Lipinski definition) is 0. The first-order valence-electron chi connectivity index (χ1n) is 8.26. The van der Waals surface area contributed by atoms with Crippen molar-refractivity contribution in [3.05, 3.63) is 89.8 Å². The number of hydrogen-bond acceptors (Lipinski definition) is 1. The fourth-order valence-electron chi connectivity index (χ4n) is 2.45. The van der Waals surface area contributed by atoms with Crippen molar-refractivity contribution in [1.29, 1.82) is 0 Å². The molecule has 1 aliphatic rings. The van der Waals surface area contributed by atoms with Crippen LogP contribution in [0.25, 0.3) is 0 Å². The van der Waals surface area contributed by atoms with Gasteiger partial charge in [0.2, 0.25) is 0 Å². The van der Waals surface area contributed by atoms with Crippen LogP contribution in [0.2, 0.25) is 0 Å². The SMILES string of the molecule is C=C(/C=C\C(C)=C/C)N(C1=CCC(C)C=C1)c1ccc(C)cc1. The fraction of sp³-hybridized carbons (Fsp3) is 0.273. The third-order valence-corrected chi connectivity index (χ3v) is 4.13. The predicted octanol–water partition coefficient (Wildman–Crippen LogP) is 6.32. The van der Waals surface area contributed by atoms with Crippen LogP contribution in [0.1, 0.15) is 32.8 Å². The molecule has 0 radical (unpaired) electrons. The zero-order valence-corrected chi connectivity index (χ0v) is 14.7. The average molecular weight is 305 g/mol. The second-order valence-electron chi connectivity index (χ2n) is 6.23. The second kappa shape index (κ2) is 7.82. The van der Waals surface area contributed by atoms with Gasteiger partial charge < -0.3 is 4.90 Å². The molecular formula is C22H27N. The van der Waals surface area contributed by atoms with Gasteiger partial charge in [0.25, 0.3) is 0 Å². The van der Waals surface area contributed by atoms with Crippen LogP contribution in [-0.4, -0.2) is 0 Å². The highest BCUT2D eigenvalue weighted by Gasteiger charge is 2.15. The first-order valence-corrected chi connectivity index (χ1v) is 8.26. The maximum absolute atomic E-state index is 4.29. The van der Waals surface area contributed by atoms with Crippen molar-refractivity contribution >= 4 is 5.69 Å². The van der Waals surface area contributed by atoms with E-state index >= 15 is 0 Å². The summed E-state index contributed by atoms with van der Waals surface area (Å²) in [5, 5.41) is 0. The monoisotopic (exact) mass is 305 g/mol. The van der Waals surface area contributed by atoms with Gasteiger partial charge in [0, 0.05) is 17.1 Å². The molecule has 0 amide bonds. The molecule has 0 N–H and O–H groups in total. The van der Waals surface area contributed by atoms with Gasteiger partial charge in [-0.15, -0.1) is 0 Å². The number of aryl methyl sites for hydroxylation is 1. The van der Waals surface area contributed by atoms with Crippen molar-refractivity contribution in [3.63, 3.8) is 0 Å². The highest BCUT2D eigenvalue weighted by atomic mass is 15.1. The molecule has 1 heteroatoms. The van der Waals surface area contributed by atoms with Crippen LogP contribution in [0.3, 0.4) is 0 Å². The topological polar surface area (TPSA) is 3.24 Å². The van der Waals surface area contributed by atoms with Crippen LogP contribution in [0, 0.1) is 12.8 Å². The lowest BCUT2D eigenvalue weighted by molar-refractivity contribution is 0.727. The zero-order valence-electron chi connectivity index (χ0n) is 14.7. The molecule has 120 valence electrons. The quantitative estimate of drug-likeness (QED) is 0.575. The Morgan fingerprint density at radius 1 is 1.22 bits per heavy atom. The summed E-state index contributed by atoms with van der Waals surface area (Å²) < 4.78 is 0. The molecule has 0 saturated heterocycles. The van der Waals surface area contributed by atoms with Crippen molar-refractivity contribution in [2.45, 2.75) is 34.1 Å². The van der Waals surface area contributed by atoms with Crippen molar-refractivity contribution in [1.82, 2.24) is 0 Å². The van der Waals surface area contributed by atoms with Crippen molar-refractivity contribution in [3.8, 4) is 0 Å². The Morgan fingerprint density at radius 3 is 2.48 bits per heavy atom. The summed E-state index contributed by atoms with van der Waals surface area (Å²) in [4.78, 5) is 2.22. The van der Waals surface area contributed by atoms with E-state index in [0.717, 1.165) is 17.8 Å². The first kappa shape index (κ1) is 17.1. The van der Waals surface area contributed by atoms with E-state index < -0.39 is 0 Å². The van der Waals surface area contributed by atoms with Crippen molar-refractivity contribution < 1.29 is 0 Å². The van der Waals surface area contributed by atoms with Crippen LogP contribution >= 0.6 is 0 Å². The standard InChI is InChI=1S/C22H27N/c1-6-17(2)7-12-20(5)23(21-13-8-18(3)9-14-21)22-15-10-19(4)11-16-22/h6-10,12-16,19H,5,11H2,1-4H3/b12-7-,17-6-. The minimum Gasteiger partial charge on any atom is -0.311 e. The van der Waals surface area contributed by atoms with Crippen LogP contribution in [0.15, 0.2) is 84.3 Å². The molecule has 1 aromatic carbocycles. The van der Waals surface area contributed by atoms with Gasteiger partial charge in [0.05, 0.1) is 0 Å². The molecule has 1 aliphatic carbocycles. The van der Waals surface area contributed by atoms with Gasteiger partial charge >= 0.3 is 0 Å². The Morgan fingerprint density at radius 2 is 1.91 bits per heavy atom. The van der Waals surface area contributed by atoms with Gasteiger partial charge in [-0.3, -0.25) is 0 Å². The number of nitrogens with zero attached hydrogens (tertiary/aromatic N) is 1. The molecule has 0 aliphatic heterocycles. The Kier molecular flexibility index (Phi) is 5.81. The molecule has 0 aromatic heterocycles. The highest BCUT2D eigenvalue weighted by molar-refractivity contribution is 5.63. The zero-order chi connectivity index (χ0) is 16.8. The van der Waals surface area contributed by atoms with Gasteiger partial charge in [0.1, 0.15) is 0 Å². The molecular weight excluding hydrogens is 278 g/mol. The lowest BCUT2D eigenvalue weighted by Crippen LogP contribution is -2.20. The summed E-state index contributed by atoms with van der Waals surface area (Å²) in [7, 11) is 0. The van der Waals surface area contributed by atoms with Crippen LogP contribution in [-0.2, 0) is 0 Å². The molecule has 0 spiro atoms. The molecule has 0 heterocycles. The molecule has 1 aromatic rings. The third kappa shape index (κ3) is 4.59. The summed E-state index contributed by atoms with van der Waals surface area (Å²) in [5.74, 6) is 0.604. The molecule has 1 unspecified atom stereocenters.